The van der Waals surface area contributed by atoms with E-state index in [1.165, 1.54) is 5.56 Å². The third-order valence-electron chi connectivity index (χ3n) is 2.17. The van der Waals surface area contributed by atoms with Crippen molar-refractivity contribution in [2.75, 3.05) is 18.5 Å². The van der Waals surface area contributed by atoms with Crippen LogP contribution in [0.1, 0.15) is 12.5 Å². The Hall–Kier alpha value is -0.890. The lowest BCUT2D eigenvalue weighted by Crippen LogP contribution is -1.93. The summed E-state index contributed by atoms with van der Waals surface area (Å²) in [4.78, 5) is 0. The minimum Gasteiger partial charge on any atom is -0.492 e. The van der Waals surface area contributed by atoms with Crippen LogP contribution >= 0.6 is 11.6 Å². The molecule has 0 unspecified atom stereocenters. The average molecular weight is 198 g/mol. The van der Waals surface area contributed by atoms with E-state index in [0.29, 0.717) is 11.6 Å². The molecule has 0 bridgehead atoms. The number of hydrogen-bond donors (Lipinski definition) is 1. The quantitative estimate of drug-likeness (QED) is 0.787. The van der Waals surface area contributed by atoms with Gasteiger partial charge < -0.3 is 10.1 Å². The summed E-state index contributed by atoms with van der Waals surface area (Å²) in [5.74, 6) is 0.798. The van der Waals surface area contributed by atoms with Crippen LogP contribution in [0.3, 0.4) is 0 Å². The first-order chi connectivity index (χ1) is 6.31. The van der Waals surface area contributed by atoms with Crippen LogP contribution in [-0.4, -0.2) is 13.2 Å². The zero-order valence-electron chi connectivity index (χ0n) is 7.56. The Kier molecular flexibility index (Phi) is 2.32. The summed E-state index contributed by atoms with van der Waals surface area (Å²) >= 11 is 6.02. The smallest absolute Gasteiger partial charge is 0.138 e. The highest BCUT2D eigenvalue weighted by atomic mass is 35.5. The molecule has 0 aliphatic carbocycles. The zero-order valence-corrected chi connectivity index (χ0v) is 8.32. The van der Waals surface area contributed by atoms with E-state index in [9.17, 15) is 0 Å². The van der Waals surface area contributed by atoms with Crippen LogP contribution in [0.5, 0.6) is 5.75 Å². The first-order valence-electron chi connectivity index (χ1n) is 4.50. The lowest BCUT2D eigenvalue weighted by Gasteiger charge is -2.07. The lowest BCUT2D eigenvalue weighted by atomic mass is 10.1. The van der Waals surface area contributed by atoms with Crippen LogP contribution in [0.2, 0.25) is 5.02 Å². The van der Waals surface area contributed by atoms with Gasteiger partial charge in [-0.1, -0.05) is 11.6 Å². The van der Waals surface area contributed by atoms with Gasteiger partial charge in [-0.05, 0) is 31.0 Å². The highest BCUT2D eigenvalue weighted by Crippen LogP contribution is 2.33. The third kappa shape index (κ3) is 1.59. The summed E-state index contributed by atoms with van der Waals surface area (Å²) in [6.07, 6.45) is 1.06. The SMILES string of the molecule is CCOc1cc2c(cc1Cl)NCC2. The summed E-state index contributed by atoms with van der Waals surface area (Å²) < 4.78 is 5.40. The van der Waals surface area contributed by atoms with Crippen molar-refractivity contribution >= 4 is 17.3 Å². The van der Waals surface area contributed by atoms with Gasteiger partial charge in [-0.15, -0.1) is 0 Å². The Morgan fingerprint density at radius 2 is 2.38 bits per heavy atom. The summed E-state index contributed by atoms with van der Waals surface area (Å²) in [7, 11) is 0. The van der Waals surface area contributed by atoms with E-state index in [2.05, 4.69) is 5.32 Å². The van der Waals surface area contributed by atoms with E-state index in [1.807, 2.05) is 19.1 Å². The Morgan fingerprint density at radius 3 is 3.15 bits per heavy atom. The van der Waals surface area contributed by atoms with Gasteiger partial charge in [0, 0.05) is 12.2 Å². The second kappa shape index (κ2) is 3.46. The van der Waals surface area contributed by atoms with Gasteiger partial charge in [0.1, 0.15) is 5.75 Å². The summed E-state index contributed by atoms with van der Waals surface area (Å²) in [6, 6.07) is 3.97. The van der Waals surface area contributed by atoms with Crippen molar-refractivity contribution in [1.29, 1.82) is 0 Å². The summed E-state index contributed by atoms with van der Waals surface area (Å²) in [6.45, 7) is 3.62. The van der Waals surface area contributed by atoms with Gasteiger partial charge in [-0.3, -0.25) is 0 Å². The Morgan fingerprint density at radius 1 is 1.54 bits per heavy atom. The van der Waals surface area contributed by atoms with Crippen LogP contribution < -0.4 is 10.1 Å². The molecular weight excluding hydrogens is 186 g/mol. The number of fused-ring (bicyclic) bond motifs is 1. The predicted octanol–water partition coefficient (Wildman–Crippen LogP) is 2.71. The maximum absolute atomic E-state index is 6.02. The normalized spacial score (nSPS) is 13.7. The molecule has 0 saturated carbocycles. The molecule has 3 heteroatoms. The van der Waals surface area contributed by atoms with E-state index in [0.717, 1.165) is 24.4 Å². The molecule has 1 aromatic carbocycles. The molecule has 0 amide bonds. The van der Waals surface area contributed by atoms with Crippen LogP contribution in [0, 0.1) is 0 Å². The fraction of sp³-hybridized carbons (Fsp3) is 0.400. The predicted molar refractivity (Wildman–Crippen MR) is 54.8 cm³/mol. The molecule has 0 aromatic heterocycles. The molecule has 0 spiro atoms. The van der Waals surface area contributed by atoms with Crippen molar-refractivity contribution in [3.8, 4) is 5.75 Å². The summed E-state index contributed by atoms with van der Waals surface area (Å²) in [5, 5.41) is 3.96. The number of anilines is 1. The Bertz CT molecular complexity index is 325. The van der Waals surface area contributed by atoms with Crippen LogP contribution in [-0.2, 0) is 6.42 Å². The van der Waals surface area contributed by atoms with E-state index in [-0.39, 0.29) is 0 Å². The van der Waals surface area contributed by atoms with Crippen LogP contribution in [0.25, 0.3) is 0 Å². The van der Waals surface area contributed by atoms with Crippen molar-refractivity contribution < 1.29 is 4.74 Å². The standard InChI is InChI=1S/C10H12ClNO/c1-2-13-10-5-7-3-4-12-9(7)6-8(10)11/h5-6,12H,2-4H2,1H3. The van der Waals surface area contributed by atoms with Crippen molar-refractivity contribution in [1.82, 2.24) is 0 Å². The number of hydrogen-bond acceptors (Lipinski definition) is 2. The average Bonchev–Trinajstić information content (AvgIpc) is 2.52. The zero-order chi connectivity index (χ0) is 9.26. The Balaban J connectivity index is 2.37. The lowest BCUT2D eigenvalue weighted by molar-refractivity contribution is 0.340. The minimum absolute atomic E-state index is 0.659. The molecule has 0 atom stereocenters. The van der Waals surface area contributed by atoms with E-state index in [1.54, 1.807) is 0 Å². The molecule has 1 aliphatic rings. The van der Waals surface area contributed by atoms with Gasteiger partial charge in [0.2, 0.25) is 0 Å². The van der Waals surface area contributed by atoms with Crippen LogP contribution in [0.15, 0.2) is 12.1 Å². The first-order valence-corrected chi connectivity index (χ1v) is 4.88. The number of ether oxygens (including phenoxy) is 1. The summed E-state index contributed by atoms with van der Waals surface area (Å²) in [5.41, 5.74) is 2.45. The largest absolute Gasteiger partial charge is 0.492 e. The van der Waals surface area contributed by atoms with E-state index < -0.39 is 0 Å². The maximum atomic E-state index is 6.02. The molecular formula is C10H12ClNO. The van der Waals surface area contributed by atoms with E-state index >= 15 is 0 Å². The fourth-order valence-electron chi connectivity index (χ4n) is 1.56. The monoisotopic (exact) mass is 197 g/mol. The second-order valence-electron chi connectivity index (χ2n) is 3.05. The fourth-order valence-corrected chi connectivity index (χ4v) is 1.78. The molecule has 1 aliphatic heterocycles. The highest BCUT2D eigenvalue weighted by Gasteiger charge is 2.13. The third-order valence-corrected chi connectivity index (χ3v) is 2.46. The molecule has 0 saturated heterocycles. The van der Waals surface area contributed by atoms with Gasteiger partial charge in [0.15, 0.2) is 0 Å². The molecule has 1 N–H and O–H groups in total. The van der Waals surface area contributed by atoms with Crippen LogP contribution in [0.4, 0.5) is 5.69 Å². The van der Waals surface area contributed by atoms with Gasteiger partial charge in [-0.2, -0.15) is 0 Å². The minimum atomic E-state index is 0.659. The molecule has 0 radical (unpaired) electrons. The Labute approximate surface area is 82.9 Å². The number of rotatable bonds is 2. The maximum Gasteiger partial charge on any atom is 0.138 e. The molecule has 1 aromatic rings. The van der Waals surface area contributed by atoms with E-state index in [4.69, 9.17) is 16.3 Å². The molecule has 2 rings (SSSR count). The van der Waals surface area contributed by atoms with Crippen molar-refractivity contribution in [2.45, 2.75) is 13.3 Å². The molecule has 1 heterocycles. The number of halogens is 1. The van der Waals surface area contributed by atoms with Crippen molar-refractivity contribution in [3.63, 3.8) is 0 Å². The molecule has 2 nitrogen and oxygen atoms in total. The molecule has 70 valence electrons. The number of benzene rings is 1. The van der Waals surface area contributed by atoms with Crippen molar-refractivity contribution in [3.05, 3.63) is 22.7 Å². The molecule has 0 fully saturated rings. The molecule has 13 heavy (non-hydrogen) atoms. The van der Waals surface area contributed by atoms with Crippen molar-refractivity contribution in [2.24, 2.45) is 0 Å². The highest BCUT2D eigenvalue weighted by molar-refractivity contribution is 6.32. The van der Waals surface area contributed by atoms with Gasteiger partial charge in [0.25, 0.3) is 0 Å². The first kappa shape index (κ1) is 8.70. The second-order valence-corrected chi connectivity index (χ2v) is 3.46. The number of nitrogens with one attached hydrogen (secondary N) is 1. The van der Waals surface area contributed by atoms with Gasteiger partial charge in [-0.25, -0.2) is 0 Å². The van der Waals surface area contributed by atoms with Gasteiger partial charge in [0.05, 0.1) is 11.6 Å². The topological polar surface area (TPSA) is 21.3 Å². The van der Waals surface area contributed by atoms with Gasteiger partial charge >= 0.3 is 0 Å².